The molecule has 0 spiro atoms. The van der Waals surface area contributed by atoms with Gasteiger partial charge in [-0.05, 0) is 23.8 Å². The van der Waals surface area contributed by atoms with Gasteiger partial charge in [-0.15, -0.1) is 0 Å². The molecule has 0 aromatic heterocycles. The van der Waals surface area contributed by atoms with Crippen LogP contribution >= 0.6 is 7.82 Å². The van der Waals surface area contributed by atoms with E-state index in [1.165, 1.54) is 12.1 Å². The molecule has 0 saturated carbocycles. The number of phenolic OH excluding ortho intramolecular Hbond substituents is 2. The fourth-order valence-electron chi connectivity index (χ4n) is 0.956. The smallest absolute Gasteiger partial charge is 0.504 e. The van der Waals surface area contributed by atoms with Crippen LogP contribution in [0.1, 0.15) is 5.56 Å². The average molecular weight is 260 g/mol. The van der Waals surface area contributed by atoms with Crippen molar-refractivity contribution in [3.05, 3.63) is 29.8 Å². The topological polar surface area (TPSA) is 124 Å². The molecule has 0 aliphatic heterocycles. The highest BCUT2D eigenvalue weighted by atomic mass is 31.2. The normalized spacial score (nSPS) is 11.6. The van der Waals surface area contributed by atoms with Gasteiger partial charge in [-0.1, -0.05) is 6.07 Å². The first-order chi connectivity index (χ1) is 7.78. The van der Waals surface area contributed by atoms with Crippen LogP contribution in [0.5, 0.6) is 11.5 Å². The molecule has 92 valence electrons. The third-order valence-electron chi connectivity index (χ3n) is 1.62. The molecule has 1 aromatic rings. The Kier molecular flexibility index (Phi) is 3.90. The van der Waals surface area contributed by atoms with Gasteiger partial charge >= 0.3 is 13.8 Å². The second-order valence-electron chi connectivity index (χ2n) is 2.98. The van der Waals surface area contributed by atoms with Crippen LogP contribution in [0.25, 0.3) is 6.08 Å². The van der Waals surface area contributed by atoms with Crippen LogP contribution in [-0.4, -0.2) is 26.0 Å². The highest BCUT2D eigenvalue weighted by Gasteiger charge is 2.18. The highest BCUT2D eigenvalue weighted by molar-refractivity contribution is 7.46. The molecule has 0 aliphatic carbocycles. The van der Waals surface area contributed by atoms with E-state index in [-0.39, 0.29) is 11.5 Å². The van der Waals surface area contributed by atoms with Crippen molar-refractivity contribution in [2.45, 2.75) is 0 Å². The third-order valence-corrected chi connectivity index (χ3v) is 2.04. The van der Waals surface area contributed by atoms with Crippen molar-refractivity contribution in [2.75, 3.05) is 0 Å². The number of carbonyl (C=O) groups excluding carboxylic acids is 1. The molecule has 17 heavy (non-hydrogen) atoms. The van der Waals surface area contributed by atoms with E-state index in [0.717, 1.165) is 18.2 Å². The molecule has 0 unspecified atom stereocenters. The van der Waals surface area contributed by atoms with Crippen molar-refractivity contribution in [1.82, 2.24) is 0 Å². The summed E-state index contributed by atoms with van der Waals surface area (Å²) in [6.07, 6.45) is 1.95. The van der Waals surface area contributed by atoms with E-state index in [1.54, 1.807) is 0 Å². The van der Waals surface area contributed by atoms with Gasteiger partial charge in [0, 0.05) is 6.08 Å². The van der Waals surface area contributed by atoms with Crippen molar-refractivity contribution in [2.24, 2.45) is 0 Å². The molecule has 0 amide bonds. The van der Waals surface area contributed by atoms with E-state index in [2.05, 4.69) is 4.52 Å². The quantitative estimate of drug-likeness (QED) is 0.359. The van der Waals surface area contributed by atoms with Gasteiger partial charge in [0.1, 0.15) is 0 Å². The monoisotopic (exact) mass is 260 g/mol. The fourth-order valence-corrected chi connectivity index (χ4v) is 1.25. The predicted molar refractivity (Wildman–Crippen MR) is 56.9 cm³/mol. The first kappa shape index (κ1) is 13.2. The van der Waals surface area contributed by atoms with Gasteiger partial charge in [0.05, 0.1) is 0 Å². The third kappa shape index (κ3) is 4.69. The largest absolute Gasteiger partial charge is 0.527 e. The van der Waals surface area contributed by atoms with E-state index < -0.39 is 13.8 Å². The summed E-state index contributed by atoms with van der Waals surface area (Å²) < 4.78 is 14.0. The van der Waals surface area contributed by atoms with Crippen molar-refractivity contribution in [3.63, 3.8) is 0 Å². The summed E-state index contributed by atoms with van der Waals surface area (Å²) in [6, 6.07) is 3.75. The Balaban J connectivity index is 2.74. The van der Waals surface area contributed by atoms with E-state index in [4.69, 9.17) is 20.0 Å². The number of benzene rings is 1. The van der Waals surface area contributed by atoms with Crippen LogP contribution in [0.15, 0.2) is 24.3 Å². The molecule has 0 heterocycles. The van der Waals surface area contributed by atoms with Gasteiger partial charge in [-0.25, -0.2) is 9.36 Å². The van der Waals surface area contributed by atoms with Gasteiger partial charge in [0.15, 0.2) is 11.5 Å². The molecular weight excluding hydrogens is 251 g/mol. The number of phosphoric ester groups is 1. The lowest BCUT2D eigenvalue weighted by Gasteiger charge is -2.01. The molecule has 0 saturated heterocycles. The summed E-state index contributed by atoms with van der Waals surface area (Å²) in [6.45, 7) is 0. The number of hydrogen-bond donors (Lipinski definition) is 4. The number of hydrogen-bond acceptors (Lipinski definition) is 5. The first-order valence-electron chi connectivity index (χ1n) is 4.27. The summed E-state index contributed by atoms with van der Waals surface area (Å²) >= 11 is 0. The fraction of sp³-hybridized carbons (Fsp3) is 0. The predicted octanol–water partition coefficient (Wildman–Crippen LogP) is 0.747. The highest BCUT2D eigenvalue weighted by Crippen LogP contribution is 2.36. The zero-order valence-electron chi connectivity index (χ0n) is 8.35. The maximum absolute atomic E-state index is 10.9. The maximum Gasteiger partial charge on any atom is 0.527 e. The molecule has 7 nitrogen and oxygen atoms in total. The number of phosphoric acid groups is 1. The van der Waals surface area contributed by atoms with Gasteiger partial charge in [-0.3, -0.25) is 9.79 Å². The van der Waals surface area contributed by atoms with Crippen molar-refractivity contribution in [3.8, 4) is 11.5 Å². The summed E-state index contributed by atoms with van der Waals surface area (Å²) in [7, 11) is -4.85. The summed E-state index contributed by atoms with van der Waals surface area (Å²) in [5.41, 5.74) is 0.350. The molecule has 1 aromatic carbocycles. The minimum Gasteiger partial charge on any atom is -0.504 e. The number of aromatic hydroxyl groups is 2. The second-order valence-corrected chi connectivity index (χ2v) is 4.15. The summed E-state index contributed by atoms with van der Waals surface area (Å²) in [5, 5.41) is 18.1. The van der Waals surface area contributed by atoms with Crippen LogP contribution in [0.3, 0.4) is 0 Å². The van der Waals surface area contributed by atoms with Crippen molar-refractivity contribution in [1.29, 1.82) is 0 Å². The Morgan fingerprint density at radius 2 is 1.88 bits per heavy atom. The lowest BCUT2D eigenvalue weighted by atomic mass is 10.2. The average Bonchev–Trinajstić information content (AvgIpc) is 2.17. The zero-order valence-corrected chi connectivity index (χ0v) is 9.24. The number of carbonyl (C=O) groups is 1. The minimum atomic E-state index is -4.85. The van der Waals surface area contributed by atoms with Crippen molar-refractivity contribution < 1.29 is 33.9 Å². The Morgan fingerprint density at radius 1 is 1.24 bits per heavy atom. The van der Waals surface area contributed by atoms with Crippen LogP contribution < -0.4 is 0 Å². The van der Waals surface area contributed by atoms with Crippen LogP contribution in [0.4, 0.5) is 0 Å². The van der Waals surface area contributed by atoms with E-state index in [1.807, 2.05) is 0 Å². The maximum atomic E-state index is 10.9. The molecule has 4 N–H and O–H groups in total. The number of rotatable bonds is 3. The molecule has 8 heteroatoms. The summed E-state index contributed by atoms with van der Waals surface area (Å²) in [5.74, 6) is -1.92. The molecule has 0 radical (unpaired) electrons. The van der Waals surface area contributed by atoms with Crippen LogP contribution in [-0.2, 0) is 13.9 Å². The molecule has 1 rings (SSSR count). The Labute approximate surface area is 95.8 Å². The Bertz CT molecular complexity index is 502. The Hall–Kier alpha value is -1.82. The lowest BCUT2D eigenvalue weighted by molar-refractivity contribution is -0.130. The van der Waals surface area contributed by atoms with E-state index >= 15 is 0 Å². The second kappa shape index (κ2) is 5.01. The molecule has 0 aliphatic rings. The van der Waals surface area contributed by atoms with Crippen LogP contribution in [0, 0.1) is 0 Å². The minimum absolute atomic E-state index is 0.319. The standard InChI is InChI=1S/C9H9O7P/c10-7-3-1-6(5-8(7)11)2-4-9(12)16-17(13,14)15/h1-5,10-11H,(H2,13,14,15)/b4-2+. The molecular formula is C9H9O7P. The first-order valence-corrected chi connectivity index (χ1v) is 5.80. The number of phenols is 2. The molecule has 0 atom stereocenters. The lowest BCUT2D eigenvalue weighted by Crippen LogP contribution is -1.97. The Morgan fingerprint density at radius 3 is 2.41 bits per heavy atom. The van der Waals surface area contributed by atoms with Crippen molar-refractivity contribution >= 4 is 19.9 Å². The zero-order chi connectivity index (χ0) is 13.1. The SMILES string of the molecule is O=C(/C=C/c1ccc(O)c(O)c1)OP(=O)(O)O. The van der Waals surface area contributed by atoms with Gasteiger partial charge in [0.2, 0.25) is 0 Å². The molecule has 0 fully saturated rings. The van der Waals surface area contributed by atoms with Crippen LogP contribution in [0.2, 0.25) is 0 Å². The van der Waals surface area contributed by atoms with E-state index in [9.17, 15) is 9.36 Å². The van der Waals surface area contributed by atoms with E-state index in [0.29, 0.717) is 5.56 Å². The summed E-state index contributed by atoms with van der Waals surface area (Å²) in [4.78, 5) is 27.5. The van der Waals surface area contributed by atoms with Gasteiger partial charge in [0.25, 0.3) is 0 Å². The van der Waals surface area contributed by atoms with Gasteiger partial charge < -0.3 is 14.7 Å². The molecule has 0 bridgehead atoms. The van der Waals surface area contributed by atoms with Gasteiger partial charge in [-0.2, -0.15) is 0 Å².